The Morgan fingerprint density at radius 3 is 2.88 bits per heavy atom. The Morgan fingerprint density at radius 1 is 1.38 bits per heavy atom. The molecule has 0 unspecified atom stereocenters. The van der Waals surface area contributed by atoms with Gasteiger partial charge in [0.15, 0.2) is 0 Å². The van der Waals surface area contributed by atoms with E-state index in [1.54, 1.807) is 26.4 Å². The predicted molar refractivity (Wildman–Crippen MR) is 87.4 cm³/mol. The predicted octanol–water partition coefficient (Wildman–Crippen LogP) is 0.323. The SMILES string of the molecule is COc1nccc(CN2C[C@@H](NC(C)=O)[C@H](c3ccnn3C)C2)n1. The van der Waals surface area contributed by atoms with Crippen LogP contribution in [0.1, 0.15) is 24.2 Å². The van der Waals surface area contributed by atoms with E-state index in [9.17, 15) is 4.79 Å². The third-order valence-electron chi connectivity index (χ3n) is 4.28. The number of nitrogens with zero attached hydrogens (tertiary/aromatic N) is 5. The van der Waals surface area contributed by atoms with Gasteiger partial charge < -0.3 is 10.1 Å². The van der Waals surface area contributed by atoms with E-state index in [0.29, 0.717) is 12.6 Å². The Labute approximate surface area is 140 Å². The molecule has 2 aromatic heterocycles. The Bertz CT molecular complexity index is 716. The molecule has 1 aliphatic heterocycles. The van der Waals surface area contributed by atoms with Crippen molar-refractivity contribution in [2.45, 2.75) is 25.4 Å². The molecule has 1 aliphatic rings. The molecular formula is C16H22N6O2. The first kappa shape index (κ1) is 16.4. The fourth-order valence-electron chi connectivity index (χ4n) is 3.26. The molecular weight excluding hydrogens is 308 g/mol. The zero-order valence-electron chi connectivity index (χ0n) is 14.1. The second kappa shape index (κ2) is 6.96. The Morgan fingerprint density at radius 2 is 2.21 bits per heavy atom. The monoisotopic (exact) mass is 330 g/mol. The number of aryl methyl sites for hydroxylation is 1. The standard InChI is InChI=1S/C16H22N6O2/c1-11(23)19-14-10-22(8-12-4-6-17-16(20-12)24-3)9-13(14)15-5-7-18-21(15)2/h4-7,13-14H,8-10H2,1-3H3,(H,19,23)/t13-,14-/m1/s1. The molecule has 1 fully saturated rings. The summed E-state index contributed by atoms with van der Waals surface area (Å²) in [6.07, 6.45) is 3.49. The van der Waals surface area contributed by atoms with Crippen LogP contribution >= 0.6 is 0 Å². The van der Waals surface area contributed by atoms with Gasteiger partial charge in [-0.05, 0) is 12.1 Å². The molecule has 0 spiro atoms. The number of ether oxygens (including phenoxy) is 1. The summed E-state index contributed by atoms with van der Waals surface area (Å²) in [5, 5.41) is 7.32. The fourth-order valence-corrected chi connectivity index (χ4v) is 3.26. The summed E-state index contributed by atoms with van der Waals surface area (Å²) < 4.78 is 6.95. The molecule has 0 aliphatic carbocycles. The molecule has 8 heteroatoms. The molecule has 3 rings (SSSR count). The van der Waals surface area contributed by atoms with Crippen molar-refractivity contribution in [3.63, 3.8) is 0 Å². The molecule has 0 saturated carbocycles. The van der Waals surface area contributed by atoms with Crippen LogP contribution in [0.5, 0.6) is 6.01 Å². The summed E-state index contributed by atoms with van der Waals surface area (Å²) in [6, 6.07) is 4.32. The van der Waals surface area contributed by atoms with Gasteiger partial charge >= 0.3 is 6.01 Å². The molecule has 1 saturated heterocycles. The van der Waals surface area contributed by atoms with Crippen molar-refractivity contribution in [1.29, 1.82) is 0 Å². The van der Waals surface area contributed by atoms with Gasteiger partial charge in [0, 0.05) is 57.6 Å². The Hall–Kier alpha value is -2.48. The third kappa shape index (κ3) is 3.53. The van der Waals surface area contributed by atoms with Gasteiger partial charge in [-0.2, -0.15) is 10.1 Å². The van der Waals surface area contributed by atoms with Gasteiger partial charge in [-0.1, -0.05) is 0 Å². The number of rotatable bonds is 5. The molecule has 128 valence electrons. The van der Waals surface area contributed by atoms with E-state index in [2.05, 4.69) is 25.3 Å². The summed E-state index contributed by atoms with van der Waals surface area (Å²) in [5.41, 5.74) is 2.02. The van der Waals surface area contributed by atoms with E-state index in [4.69, 9.17) is 4.74 Å². The average molecular weight is 330 g/mol. The van der Waals surface area contributed by atoms with E-state index >= 15 is 0 Å². The molecule has 0 radical (unpaired) electrons. The van der Waals surface area contributed by atoms with Gasteiger partial charge in [0.1, 0.15) is 0 Å². The second-order valence-corrected chi connectivity index (χ2v) is 6.02. The maximum absolute atomic E-state index is 11.6. The lowest BCUT2D eigenvalue weighted by Crippen LogP contribution is -2.38. The summed E-state index contributed by atoms with van der Waals surface area (Å²) in [7, 11) is 3.48. The van der Waals surface area contributed by atoms with Crippen molar-refractivity contribution in [1.82, 2.24) is 30.0 Å². The number of amides is 1. The number of likely N-dealkylation sites (tertiary alicyclic amines) is 1. The summed E-state index contributed by atoms with van der Waals surface area (Å²) in [6.45, 7) is 3.83. The molecule has 1 amide bonds. The van der Waals surface area contributed by atoms with Gasteiger partial charge in [0.2, 0.25) is 5.91 Å². The molecule has 0 aromatic carbocycles. The van der Waals surface area contributed by atoms with Crippen molar-refractivity contribution in [3.8, 4) is 6.01 Å². The topological polar surface area (TPSA) is 85.2 Å². The van der Waals surface area contributed by atoms with Gasteiger partial charge in [-0.15, -0.1) is 0 Å². The normalized spacial score (nSPS) is 21.0. The number of nitrogens with one attached hydrogen (secondary N) is 1. The quantitative estimate of drug-likeness (QED) is 0.850. The highest BCUT2D eigenvalue weighted by Gasteiger charge is 2.36. The number of methoxy groups -OCH3 is 1. The number of hydrogen-bond donors (Lipinski definition) is 1. The lowest BCUT2D eigenvalue weighted by molar-refractivity contribution is -0.119. The van der Waals surface area contributed by atoms with Crippen LogP contribution in [0.2, 0.25) is 0 Å². The Kier molecular flexibility index (Phi) is 4.75. The maximum Gasteiger partial charge on any atom is 0.316 e. The Balaban J connectivity index is 1.76. The van der Waals surface area contributed by atoms with Crippen molar-refractivity contribution >= 4 is 5.91 Å². The van der Waals surface area contributed by atoms with Gasteiger partial charge in [0.25, 0.3) is 0 Å². The summed E-state index contributed by atoms with van der Waals surface area (Å²) in [5.74, 6) is 0.183. The van der Waals surface area contributed by atoms with Crippen LogP contribution in [0.3, 0.4) is 0 Å². The van der Waals surface area contributed by atoms with Crippen LogP contribution in [0.15, 0.2) is 24.5 Å². The molecule has 24 heavy (non-hydrogen) atoms. The summed E-state index contributed by atoms with van der Waals surface area (Å²) in [4.78, 5) is 22.2. The second-order valence-electron chi connectivity index (χ2n) is 6.02. The number of carbonyl (C=O) groups excluding carboxylic acids is 1. The van der Waals surface area contributed by atoms with Gasteiger partial charge in [-0.25, -0.2) is 4.98 Å². The van der Waals surface area contributed by atoms with Crippen molar-refractivity contribution in [2.24, 2.45) is 7.05 Å². The van der Waals surface area contributed by atoms with Crippen molar-refractivity contribution < 1.29 is 9.53 Å². The minimum atomic E-state index is -0.0160. The van der Waals surface area contributed by atoms with Crippen LogP contribution < -0.4 is 10.1 Å². The zero-order chi connectivity index (χ0) is 17.1. The smallest absolute Gasteiger partial charge is 0.316 e. The van der Waals surface area contributed by atoms with Crippen LogP contribution in [-0.2, 0) is 18.4 Å². The maximum atomic E-state index is 11.6. The third-order valence-corrected chi connectivity index (χ3v) is 4.28. The van der Waals surface area contributed by atoms with Crippen molar-refractivity contribution in [3.05, 3.63) is 35.9 Å². The van der Waals surface area contributed by atoms with Crippen LogP contribution in [0, 0.1) is 0 Å². The minimum Gasteiger partial charge on any atom is -0.467 e. The number of hydrogen-bond acceptors (Lipinski definition) is 6. The largest absolute Gasteiger partial charge is 0.467 e. The zero-order valence-corrected chi connectivity index (χ0v) is 14.1. The van der Waals surface area contributed by atoms with E-state index in [0.717, 1.165) is 24.5 Å². The van der Waals surface area contributed by atoms with E-state index < -0.39 is 0 Å². The minimum absolute atomic E-state index is 0.0160. The highest BCUT2D eigenvalue weighted by atomic mass is 16.5. The van der Waals surface area contributed by atoms with Crippen molar-refractivity contribution in [2.75, 3.05) is 20.2 Å². The molecule has 8 nitrogen and oxygen atoms in total. The van der Waals surface area contributed by atoms with E-state index in [-0.39, 0.29) is 17.9 Å². The van der Waals surface area contributed by atoms with Crippen LogP contribution in [0.25, 0.3) is 0 Å². The molecule has 2 atom stereocenters. The summed E-state index contributed by atoms with van der Waals surface area (Å²) >= 11 is 0. The highest BCUT2D eigenvalue weighted by Crippen LogP contribution is 2.28. The van der Waals surface area contributed by atoms with E-state index in [1.807, 2.05) is 23.9 Å². The van der Waals surface area contributed by atoms with Gasteiger partial charge in [-0.3, -0.25) is 14.4 Å². The first-order chi connectivity index (χ1) is 11.6. The van der Waals surface area contributed by atoms with Gasteiger partial charge in [0.05, 0.1) is 18.8 Å². The first-order valence-electron chi connectivity index (χ1n) is 7.90. The molecule has 2 aromatic rings. The lowest BCUT2D eigenvalue weighted by Gasteiger charge is -2.19. The number of aromatic nitrogens is 4. The van der Waals surface area contributed by atoms with Crippen LogP contribution in [-0.4, -0.2) is 56.8 Å². The average Bonchev–Trinajstić information content (AvgIpc) is 3.13. The molecule has 3 heterocycles. The fraction of sp³-hybridized carbons (Fsp3) is 0.500. The highest BCUT2D eigenvalue weighted by molar-refractivity contribution is 5.73. The number of carbonyl (C=O) groups is 1. The van der Waals surface area contributed by atoms with Crippen LogP contribution in [0.4, 0.5) is 0 Å². The van der Waals surface area contributed by atoms with E-state index in [1.165, 1.54) is 0 Å². The first-order valence-corrected chi connectivity index (χ1v) is 7.90. The molecule has 0 bridgehead atoms. The lowest BCUT2D eigenvalue weighted by atomic mass is 9.99. The molecule has 1 N–H and O–H groups in total.